The van der Waals surface area contributed by atoms with Gasteiger partial charge in [-0.25, -0.2) is 9.59 Å². The first kappa shape index (κ1) is 24.1. The van der Waals surface area contributed by atoms with Gasteiger partial charge in [-0.3, -0.25) is 0 Å². The van der Waals surface area contributed by atoms with Crippen molar-refractivity contribution in [3.63, 3.8) is 0 Å². The summed E-state index contributed by atoms with van der Waals surface area (Å²) in [6, 6.07) is -1.42. The van der Waals surface area contributed by atoms with Crippen molar-refractivity contribution in [2.75, 3.05) is 39.9 Å². The Morgan fingerprint density at radius 1 is 0.952 bits per heavy atom. The van der Waals surface area contributed by atoms with Crippen LogP contribution in [0, 0.1) is 0 Å². The number of aliphatic hydroxyl groups is 4. The predicted molar refractivity (Wildman–Crippen MR) is 73.7 cm³/mol. The molecule has 0 aromatic carbocycles. The minimum Gasteiger partial charge on any atom is -0.392 e. The molecule has 0 bridgehead atoms. The summed E-state index contributed by atoms with van der Waals surface area (Å²) in [6.07, 6.45) is 2.97. The fourth-order valence-electron chi connectivity index (χ4n) is 0.355. The van der Waals surface area contributed by atoms with Crippen LogP contribution in [0.5, 0.6) is 0 Å². The van der Waals surface area contributed by atoms with Crippen LogP contribution in [0.1, 0.15) is 0 Å². The van der Waals surface area contributed by atoms with E-state index in [1.54, 1.807) is 0 Å². The summed E-state index contributed by atoms with van der Waals surface area (Å²) >= 11 is 0. The zero-order chi connectivity index (χ0) is 16.9. The fourth-order valence-corrected chi connectivity index (χ4v) is 0.355. The summed E-state index contributed by atoms with van der Waals surface area (Å²) in [5.41, 5.74) is 8.50. The van der Waals surface area contributed by atoms with E-state index in [-0.39, 0.29) is 13.2 Å². The molecule has 0 atom stereocenters. The third kappa shape index (κ3) is 71.6. The topological polar surface area (TPSA) is 204 Å². The average molecular weight is 312 g/mol. The van der Waals surface area contributed by atoms with E-state index in [1.165, 1.54) is 12.2 Å². The minimum atomic E-state index is -0.833. The number of hydrogen-bond acceptors (Lipinski definition) is 7. The Morgan fingerprint density at radius 3 is 1.38 bits per heavy atom. The fraction of sp³-hybridized carbons (Fsp3) is 0.600. The first-order valence-corrected chi connectivity index (χ1v) is 5.68. The predicted octanol–water partition coefficient (Wildman–Crippen LogP) is -3.25. The molecule has 0 aromatic rings. The number of carbonyl (C=O) groups is 2. The highest BCUT2D eigenvalue weighted by molar-refractivity contribution is 5.73. The second-order valence-corrected chi connectivity index (χ2v) is 2.85. The van der Waals surface area contributed by atoms with Crippen LogP contribution in [-0.4, -0.2) is 72.4 Å². The summed E-state index contributed by atoms with van der Waals surface area (Å²) in [7, 11) is 0. The van der Waals surface area contributed by atoms with Gasteiger partial charge in [0.05, 0.1) is 26.4 Å². The van der Waals surface area contributed by atoms with Gasteiger partial charge in [-0.05, 0) is 0 Å². The number of aliphatic hydroxyl groups excluding tert-OH is 4. The number of urea groups is 2. The van der Waals surface area contributed by atoms with Gasteiger partial charge in [0.2, 0.25) is 0 Å². The first-order valence-electron chi connectivity index (χ1n) is 5.68. The SMILES string of the molecule is C1CO1.NC(N)=O.O=C(NCO)NCO.OCC=CCO. The van der Waals surface area contributed by atoms with Crippen molar-refractivity contribution in [3.8, 4) is 0 Å². The standard InChI is InChI=1S/C4H8O2.C3H8N2O3.C2H4O.CH4N2O/c5-3-1-2-4-6;6-1-4-3(8)5-2-7;1-2-3-1;2-1(3)4/h1-2,5-6H,3-4H2;6-7H,1-2H2,(H2,4,5,8);1-2H2;(H4,2,3,4). The zero-order valence-corrected chi connectivity index (χ0v) is 11.6. The van der Waals surface area contributed by atoms with Crippen LogP contribution in [0.3, 0.4) is 0 Å². The highest BCUT2D eigenvalue weighted by Gasteiger charge is 1.94. The quantitative estimate of drug-likeness (QED) is 0.151. The molecule has 10 N–H and O–H groups in total. The van der Waals surface area contributed by atoms with Gasteiger partial charge in [0.25, 0.3) is 0 Å². The number of nitrogens with one attached hydrogen (secondary N) is 2. The van der Waals surface area contributed by atoms with Crippen molar-refractivity contribution in [1.82, 2.24) is 10.6 Å². The largest absolute Gasteiger partial charge is 0.392 e. The highest BCUT2D eigenvalue weighted by atomic mass is 16.6. The molecule has 1 aliphatic rings. The molecule has 4 amide bonds. The van der Waals surface area contributed by atoms with Crippen molar-refractivity contribution in [3.05, 3.63) is 12.2 Å². The lowest BCUT2D eigenvalue weighted by atomic mass is 10.5. The van der Waals surface area contributed by atoms with Crippen LogP contribution in [0.2, 0.25) is 0 Å². The van der Waals surface area contributed by atoms with Crippen LogP contribution in [-0.2, 0) is 4.74 Å². The molecular formula is C10H24N4O7. The van der Waals surface area contributed by atoms with E-state index in [9.17, 15) is 4.79 Å². The molecule has 1 rings (SSSR count). The molecule has 1 fully saturated rings. The van der Waals surface area contributed by atoms with Gasteiger partial charge in [0.15, 0.2) is 0 Å². The van der Waals surface area contributed by atoms with E-state index in [0.717, 1.165) is 13.2 Å². The Morgan fingerprint density at radius 2 is 1.24 bits per heavy atom. The van der Waals surface area contributed by atoms with Crippen molar-refractivity contribution in [2.45, 2.75) is 0 Å². The van der Waals surface area contributed by atoms with E-state index < -0.39 is 25.5 Å². The molecule has 0 aliphatic carbocycles. The lowest BCUT2D eigenvalue weighted by molar-refractivity contribution is 0.201. The molecule has 11 nitrogen and oxygen atoms in total. The van der Waals surface area contributed by atoms with Crippen molar-refractivity contribution in [1.29, 1.82) is 0 Å². The van der Waals surface area contributed by atoms with Gasteiger partial charge in [-0.1, -0.05) is 12.2 Å². The van der Waals surface area contributed by atoms with E-state index in [2.05, 4.69) is 16.2 Å². The van der Waals surface area contributed by atoms with Crippen LogP contribution < -0.4 is 22.1 Å². The maximum absolute atomic E-state index is 10.1. The smallest absolute Gasteiger partial charge is 0.318 e. The molecule has 1 saturated heterocycles. The van der Waals surface area contributed by atoms with Gasteiger partial charge in [-0.2, -0.15) is 0 Å². The molecule has 0 unspecified atom stereocenters. The van der Waals surface area contributed by atoms with Gasteiger partial charge >= 0.3 is 12.1 Å². The minimum absolute atomic E-state index is 0.0144. The molecule has 0 radical (unpaired) electrons. The van der Waals surface area contributed by atoms with Gasteiger partial charge in [0.1, 0.15) is 13.5 Å². The normalized spacial score (nSPS) is 10.7. The lowest BCUT2D eigenvalue weighted by Gasteiger charge is -1.98. The van der Waals surface area contributed by atoms with Gasteiger partial charge < -0.3 is 47.3 Å². The highest BCUT2D eigenvalue weighted by Crippen LogP contribution is 1.84. The van der Waals surface area contributed by atoms with Crippen LogP contribution in [0.4, 0.5) is 9.59 Å². The second-order valence-electron chi connectivity index (χ2n) is 2.85. The Kier molecular flexibility index (Phi) is 26.6. The lowest BCUT2D eigenvalue weighted by Crippen LogP contribution is -2.36. The Labute approximate surface area is 122 Å². The van der Waals surface area contributed by atoms with E-state index in [1.807, 2.05) is 10.6 Å². The van der Waals surface area contributed by atoms with Gasteiger partial charge in [0, 0.05) is 0 Å². The number of carbonyl (C=O) groups excluding carboxylic acids is 2. The van der Waals surface area contributed by atoms with Crippen molar-refractivity contribution >= 4 is 12.1 Å². The van der Waals surface area contributed by atoms with Crippen LogP contribution in [0.25, 0.3) is 0 Å². The number of nitrogens with two attached hydrogens (primary N) is 2. The van der Waals surface area contributed by atoms with E-state index >= 15 is 0 Å². The molecule has 0 aromatic heterocycles. The molecular weight excluding hydrogens is 288 g/mol. The summed E-state index contributed by atoms with van der Waals surface area (Å²) in [5.74, 6) is 0. The third-order valence-electron chi connectivity index (χ3n) is 1.06. The molecule has 0 saturated carbocycles. The maximum Gasteiger partial charge on any atom is 0.318 e. The molecule has 21 heavy (non-hydrogen) atoms. The Balaban J connectivity index is -0.000000219. The summed E-state index contributed by atoms with van der Waals surface area (Å²) in [6.45, 7) is 1.18. The molecule has 126 valence electrons. The second kappa shape index (κ2) is 23.2. The maximum atomic E-state index is 10.1. The van der Waals surface area contributed by atoms with Crippen molar-refractivity contribution in [2.24, 2.45) is 11.5 Å². The summed E-state index contributed by atoms with van der Waals surface area (Å²) < 4.78 is 4.50. The monoisotopic (exact) mass is 312 g/mol. The number of rotatable bonds is 4. The van der Waals surface area contributed by atoms with Crippen LogP contribution >= 0.6 is 0 Å². The van der Waals surface area contributed by atoms with Gasteiger partial charge in [-0.15, -0.1) is 0 Å². The number of epoxide rings is 1. The number of ether oxygens (including phenoxy) is 1. The van der Waals surface area contributed by atoms with Crippen LogP contribution in [0.15, 0.2) is 12.2 Å². The number of amides is 4. The summed E-state index contributed by atoms with van der Waals surface area (Å²) in [5, 5.41) is 36.0. The molecule has 1 heterocycles. The first-order chi connectivity index (χ1) is 9.95. The van der Waals surface area contributed by atoms with E-state index in [0.29, 0.717) is 0 Å². The Bertz CT molecular complexity index is 241. The third-order valence-corrected chi connectivity index (χ3v) is 1.06. The summed E-state index contributed by atoms with van der Waals surface area (Å²) in [4.78, 5) is 19.1. The number of hydrogen-bond donors (Lipinski definition) is 8. The molecule has 1 aliphatic heterocycles. The van der Waals surface area contributed by atoms with Crippen molar-refractivity contribution < 1.29 is 34.8 Å². The molecule has 11 heteroatoms. The zero-order valence-electron chi connectivity index (χ0n) is 11.6. The van der Waals surface area contributed by atoms with E-state index in [4.69, 9.17) is 25.2 Å². The Hall–Kier alpha value is -1.92. The number of primary amides is 2. The average Bonchev–Trinajstić information content (AvgIpc) is 3.25. The molecule has 0 spiro atoms.